The van der Waals surface area contributed by atoms with Crippen LogP contribution in [-0.2, 0) is 0 Å². The van der Waals surface area contributed by atoms with Gasteiger partial charge in [-0.15, -0.1) is 19.7 Å². The van der Waals surface area contributed by atoms with Gasteiger partial charge in [-0.2, -0.15) is 0 Å². The molecule has 14 heavy (non-hydrogen) atoms. The number of hydrogen-bond donors (Lipinski definition) is 0. The average molecular weight is 185 g/mol. The zero-order valence-corrected chi connectivity index (χ0v) is 8.63. The van der Waals surface area contributed by atoms with Crippen molar-refractivity contribution in [1.82, 2.24) is 0 Å². The maximum Gasteiger partial charge on any atom is 0.208 e. The second-order valence-corrected chi connectivity index (χ2v) is 3.38. The minimum Gasteiger partial charge on any atom is -0.272 e. The lowest BCUT2D eigenvalue weighted by Gasteiger charge is -1.98. The van der Waals surface area contributed by atoms with Crippen LogP contribution in [0.25, 0.3) is 0 Å². The molecule has 0 saturated heterocycles. The number of aliphatic imine (C=N–C) groups is 1. The molecule has 0 N–H and O–H groups in total. The summed E-state index contributed by atoms with van der Waals surface area (Å²) in [5.74, 6) is 0. The fraction of sp³-hybridized carbons (Fsp3) is 0.250. The number of hydrogen-bond acceptors (Lipinski definition) is 1. The van der Waals surface area contributed by atoms with E-state index in [2.05, 4.69) is 24.7 Å². The molecule has 0 saturated carbocycles. The molecule has 0 spiro atoms. The Labute approximate surface area is 86.9 Å². The molecule has 0 aromatic carbocycles. The number of allylic oxidation sites excluding steroid dienone is 4. The van der Waals surface area contributed by atoms with E-state index in [0.717, 1.165) is 26.5 Å². The molecule has 2 heteroatoms. The molecule has 0 fully saturated rings. The first-order valence-electron chi connectivity index (χ1n) is 4.91. The van der Waals surface area contributed by atoms with Crippen molar-refractivity contribution in [3.63, 3.8) is 0 Å². The highest BCUT2D eigenvalue weighted by molar-refractivity contribution is 6.82. The molecule has 1 aliphatic heterocycles. The molecule has 1 nitrogen and oxygen atoms in total. The van der Waals surface area contributed by atoms with Crippen LogP contribution < -0.4 is 0 Å². The van der Waals surface area contributed by atoms with Crippen molar-refractivity contribution >= 4 is 12.9 Å². The topological polar surface area (TPSA) is 12.4 Å². The summed E-state index contributed by atoms with van der Waals surface area (Å²) < 4.78 is 0. The van der Waals surface area contributed by atoms with Crippen molar-refractivity contribution in [2.75, 3.05) is 0 Å². The highest BCUT2D eigenvalue weighted by atomic mass is 14.8. The van der Waals surface area contributed by atoms with E-state index in [-0.39, 0.29) is 0 Å². The van der Waals surface area contributed by atoms with Crippen LogP contribution in [0.2, 0.25) is 0 Å². The second-order valence-electron chi connectivity index (χ2n) is 3.38. The third-order valence-electron chi connectivity index (χ3n) is 2.23. The lowest BCUT2D eigenvalue weighted by molar-refractivity contribution is 1.13. The molecule has 1 heterocycles. The molecule has 0 radical (unpaired) electrons. The predicted molar refractivity (Wildman–Crippen MR) is 66.1 cm³/mol. The van der Waals surface area contributed by atoms with E-state index >= 15 is 0 Å². The van der Waals surface area contributed by atoms with Crippen LogP contribution in [0.4, 0.5) is 0 Å². The van der Waals surface area contributed by atoms with Crippen molar-refractivity contribution in [3.8, 4) is 0 Å². The Bertz CT molecular complexity index is 310. The Kier molecular flexibility index (Phi) is 4.18. The minimum absolute atomic E-state index is 0.865. The molecule has 72 valence electrons. The van der Waals surface area contributed by atoms with Gasteiger partial charge in [0.2, 0.25) is 7.28 Å². The monoisotopic (exact) mass is 185 g/mol. The molecule has 0 bridgehead atoms. The van der Waals surface area contributed by atoms with Gasteiger partial charge in [0.15, 0.2) is 0 Å². The zero-order chi connectivity index (χ0) is 10.4. The smallest absolute Gasteiger partial charge is 0.208 e. The van der Waals surface area contributed by atoms with Crippen LogP contribution >= 0.6 is 0 Å². The summed E-state index contributed by atoms with van der Waals surface area (Å²) in [4.78, 5) is 4.57. The molecule has 0 amide bonds. The van der Waals surface area contributed by atoms with E-state index in [4.69, 9.17) is 0 Å². The van der Waals surface area contributed by atoms with Gasteiger partial charge in [0, 0.05) is 12.1 Å². The third-order valence-corrected chi connectivity index (χ3v) is 2.23. The molecule has 0 aromatic heterocycles. The Morgan fingerprint density at radius 3 is 2.21 bits per heavy atom. The van der Waals surface area contributed by atoms with Gasteiger partial charge in [0.1, 0.15) is 0 Å². The van der Waals surface area contributed by atoms with Crippen LogP contribution in [0, 0.1) is 0 Å². The van der Waals surface area contributed by atoms with Crippen LogP contribution in [0.1, 0.15) is 19.3 Å². The van der Waals surface area contributed by atoms with Crippen molar-refractivity contribution < 1.29 is 0 Å². The van der Waals surface area contributed by atoms with Gasteiger partial charge in [0.25, 0.3) is 0 Å². The van der Waals surface area contributed by atoms with E-state index in [0.29, 0.717) is 0 Å². The van der Waals surface area contributed by atoms with Crippen LogP contribution in [0.5, 0.6) is 0 Å². The lowest BCUT2D eigenvalue weighted by atomic mass is 9.64. The highest BCUT2D eigenvalue weighted by Gasteiger charge is 2.16. The van der Waals surface area contributed by atoms with Crippen LogP contribution in [-0.4, -0.2) is 12.9 Å². The van der Waals surface area contributed by atoms with Crippen LogP contribution in [0.3, 0.4) is 0 Å². The normalized spacial score (nSPS) is 14.7. The lowest BCUT2D eigenvalue weighted by Crippen LogP contribution is -2.05. The Hall–Kier alpha value is -1.31. The van der Waals surface area contributed by atoms with E-state index in [1.54, 1.807) is 0 Å². The highest BCUT2D eigenvalue weighted by Crippen LogP contribution is 2.21. The fourth-order valence-electron chi connectivity index (χ4n) is 1.63. The summed E-state index contributed by atoms with van der Waals surface area (Å²) in [5.41, 5.74) is 3.78. The van der Waals surface area contributed by atoms with E-state index in [1.807, 2.05) is 18.2 Å². The van der Waals surface area contributed by atoms with E-state index in [9.17, 15) is 0 Å². The summed E-state index contributed by atoms with van der Waals surface area (Å²) >= 11 is 0. The molecule has 0 atom stereocenters. The Morgan fingerprint density at radius 2 is 1.64 bits per heavy atom. The van der Waals surface area contributed by atoms with Gasteiger partial charge in [-0.25, -0.2) is 0 Å². The Morgan fingerprint density at radius 1 is 1.00 bits per heavy atom. The van der Waals surface area contributed by atoms with Crippen molar-refractivity contribution in [3.05, 3.63) is 49.1 Å². The second kappa shape index (κ2) is 5.43. The Balaban J connectivity index is 2.73. The van der Waals surface area contributed by atoms with Crippen LogP contribution in [0.15, 0.2) is 54.1 Å². The van der Waals surface area contributed by atoms with Gasteiger partial charge >= 0.3 is 0 Å². The first-order valence-corrected chi connectivity index (χ1v) is 4.91. The van der Waals surface area contributed by atoms with Crippen molar-refractivity contribution in [2.24, 2.45) is 4.99 Å². The average Bonchev–Trinajstić information content (AvgIpc) is 2.50. The quantitative estimate of drug-likeness (QED) is 0.445. The van der Waals surface area contributed by atoms with Gasteiger partial charge in [-0.05, 0) is 18.5 Å². The summed E-state index contributed by atoms with van der Waals surface area (Å²) in [7, 11) is 0.987. The summed E-state index contributed by atoms with van der Waals surface area (Å²) in [6, 6.07) is 0. The van der Waals surface area contributed by atoms with Gasteiger partial charge in [-0.1, -0.05) is 23.7 Å². The molecule has 0 aliphatic carbocycles. The largest absolute Gasteiger partial charge is 0.272 e. The molecule has 0 unspecified atom stereocenters. The predicted octanol–water partition coefficient (Wildman–Crippen LogP) is 2.77. The van der Waals surface area contributed by atoms with E-state index in [1.165, 1.54) is 16.8 Å². The molecular formula is C12H16BN. The number of nitrogens with zero attached hydrogens (tertiary/aromatic N) is 1. The maximum absolute atomic E-state index is 4.57. The number of rotatable bonds is 6. The summed E-state index contributed by atoms with van der Waals surface area (Å²) in [6.07, 6.45) is 8.43. The standard InChI is InChI=1S/C12H16BN/c1-4-7-10-11(8-5-2)14-12(13-10)9-6-3/h4-6,13H,1-3,7-9H2. The van der Waals surface area contributed by atoms with Gasteiger partial charge in [0.05, 0.1) is 0 Å². The van der Waals surface area contributed by atoms with Crippen molar-refractivity contribution in [2.45, 2.75) is 19.3 Å². The fourth-order valence-corrected chi connectivity index (χ4v) is 1.63. The maximum atomic E-state index is 4.57. The summed E-state index contributed by atoms with van der Waals surface area (Å²) in [6.45, 7) is 11.2. The van der Waals surface area contributed by atoms with Gasteiger partial charge < -0.3 is 0 Å². The molecule has 1 rings (SSSR count). The van der Waals surface area contributed by atoms with Gasteiger partial charge in [-0.3, -0.25) is 4.99 Å². The first-order chi connectivity index (χ1) is 6.81. The molecule has 0 aromatic rings. The molecule has 1 aliphatic rings. The SMILES string of the molecule is C=CCC1=NC(CC=C)=C(CC=C)B1. The first kappa shape index (κ1) is 10.8. The third kappa shape index (κ3) is 2.59. The zero-order valence-electron chi connectivity index (χ0n) is 8.63. The summed E-state index contributed by atoms with van der Waals surface area (Å²) in [5, 5.41) is 0. The molecular weight excluding hydrogens is 169 g/mol. The van der Waals surface area contributed by atoms with Crippen molar-refractivity contribution in [1.29, 1.82) is 0 Å². The van der Waals surface area contributed by atoms with E-state index < -0.39 is 0 Å². The minimum atomic E-state index is 0.865.